The first kappa shape index (κ1) is 26.8. The largest absolute Gasteiger partial charge is 0.497 e. The molecule has 5 aromatic rings. The van der Waals surface area contributed by atoms with Crippen LogP contribution < -0.4 is 19.1 Å². The smallest absolute Gasteiger partial charge is 0.170 e. The Morgan fingerprint density at radius 2 is 1.29 bits per heavy atom. The third-order valence-corrected chi connectivity index (χ3v) is 6.98. The summed E-state index contributed by atoms with van der Waals surface area (Å²) in [6.45, 7) is 0. The standard InChI is InChI=1S/C35H30N4O3/c1-40-28-23-21-25(22-24-28)34-33(38-37-30-18-10-11-19-31(30)41-2)35(36-29-17-9-12-20-32(29)42-34)39(26-13-5-3-6-14-26)27-15-7-4-8-16-27/h3-24,33-34H,1-2H3. The van der Waals surface area contributed by atoms with E-state index in [1.54, 1.807) is 14.2 Å². The molecule has 0 amide bonds. The molecule has 2 atom stereocenters. The normalized spacial score (nSPS) is 16.1. The van der Waals surface area contributed by atoms with Crippen LogP contribution in [0.4, 0.5) is 22.7 Å². The van der Waals surface area contributed by atoms with Crippen molar-refractivity contribution in [2.24, 2.45) is 15.2 Å². The van der Waals surface area contributed by atoms with E-state index in [4.69, 9.17) is 29.4 Å². The van der Waals surface area contributed by atoms with Crippen LogP contribution in [0, 0.1) is 0 Å². The van der Waals surface area contributed by atoms with Gasteiger partial charge in [0.1, 0.15) is 34.5 Å². The van der Waals surface area contributed by atoms with E-state index < -0.39 is 12.1 Å². The number of azo groups is 1. The molecule has 0 aromatic heterocycles. The second-order valence-electron chi connectivity index (χ2n) is 9.59. The summed E-state index contributed by atoms with van der Waals surface area (Å²) in [6, 6.07) is 42.8. The van der Waals surface area contributed by atoms with E-state index in [2.05, 4.69) is 29.2 Å². The van der Waals surface area contributed by atoms with Crippen molar-refractivity contribution in [3.05, 3.63) is 139 Å². The average molecular weight is 555 g/mol. The van der Waals surface area contributed by atoms with Gasteiger partial charge in [0.15, 0.2) is 12.1 Å². The highest BCUT2D eigenvalue weighted by atomic mass is 16.5. The van der Waals surface area contributed by atoms with Crippen molar-refractivity contribution in [1.82, 2.24) is 0 Å². The second kappa shape index (κ2) is 12.4. The monoisotopic (exact) mass is 554 g/mol. The lowest BCUT2D eigenvalue weighted by atomic mass is 10.00. The number of amidine groups is 1. The van der Waals surface area contributed by atoms with Gasteiger partial charge in [0.2, 0.25) is 0 Å². The van der Waals surface area contributed by atoms with E-state index in [1.165, 1.54) is 0 Å². The lowest BCUT2D eigenvalue weighted by Crippen LogP contribution is -2.39. The summed E-state index contributed by atoms with van der Waals surface area (Å²) in [5.74, 6) is 2.70. The van der Waals surface area contributed by atoms with Gasteiger partial charge in [0, 0.05) is 11.4 Å². The van der Waals surface area contributed by atoms with Gasteiger partial charge in [-0.1, -0.05) is 72.8 Å². The minimum Gasteiger partial charge on any atom is -0.497 e. The van der Waals surface area contributed by atoms with Gasteiger partial charge in [-0.05, 0) is 66.2 Å². The number of rotatable bonds is 7. The van der Waals surface area contributed by atoms with Crippen molar-refractivity contribution in [3.63, 3.8) is 0 Å². The maximum Gasteiger partial charge on any atom is 0.170 e. The predicted octanol–water partition coefficient (Wildman–Crippen LogP) is 8.86. The molecular weight excluding hydrogens is 524 g/mol. The number of fused-ring (bicyclic) bond motifs is 1. The fourth-order valence-corrected chi connectivity index (χ4v) is 4.92. The van der Waals surface area contributed by atoms with E-state index in [0.29, 0.717) is 28.7 Å². The van der Waals surface area contributed by atoms with Crippen LogP contribution in [0.1, 0.15) is 11.7 Å². The third-order valence-electron chi connectivity index (χ3n) is 6.98. The fourth-order valence-electron chi connectivity index (χ4n) is 4.92. The van der Waals surface area contributed by atoms with E-state index >= 15 is 0 Å². The zero-order valence-corrected chi connectivity index (χ0v) is 23.4. The number of aliphatic imine (C=N–C) groups is 1. The quantitative estimate of drug-likeness (QED) is 0.188. The number of hydrogen-bond acceptors (Lipinski definition) is 7. The zero-order chi connectivity index (χ0) is 28.7. The average Bonchev–Trinajstić information content (AvgIpc) is 3.22. The van der Waals surface area contributed by atoms with Gasteiger partial charge in [-0.25, -0.2) is 4.99 Å². The summed E-state index contributed by atoms with van der Waals surface area (Å²) in [5.41, 5.74) is 4.10. The number of nitrogens with zero attached hydrogens (tertiary/aromatic N) is 4. The molecule has 0 N–H and O–H groups in total. The van der Waals surface area contributed by atoms with Crippen LogP contribution in [0.5, 0.6) is 17.2 Å². The molecule has 0 fully saturated rings. The van der Waals surface area contributed by atoms with E-state index in [9.17, 15) is 0 Å². The molecule has 42 heavy (non-hydrogen) atoms. The minimum absolute atomic E-state index is 0.563. The molecule has 1 aliphatic heterocycles. The van der Waals surface area contributed by atoms with Crippen LogP contribution in [0.15, 0.2) is 149 Å². The Morgan fingerprint density at radius 3 is 1.95 bits per heavy atom. The van der Waals surface area contributed by atoms with Gasteiger partial charge in [-0.3, -0.25) is 4.90 Å². The molecule has 0 spiro atoms. The molecule has 0 saturated heterocycles. The Balaban J connectivity index is 1.59. The lowest BCUT2D eigenvalue weighted by Gasteiger charge is -2.31. The Hall–Kier alpha value is -5.43. The number of hydrogen-bond donors (Lipinski definition) is 0. The topological polar surface area (TPSA) is 68.0 Å². The van der Waals surface area contributed by atoms with Crippen molar-refractivity contribution in [3.8, 4) is 17.2 Å². The number of methoxy groups -OCH3 is 2. The fraction of sp³-hybridized carbons (Fsp3) is 0.114. The van der Waals surface area contributed by atoms with Gasteiger partial charge >= 0.3 is 0 Å². The van der Waals surface area contributed by atoms with Gasteiger partial charge in [-0.15, -0.1) is 0 Å². The molecule has 1 heterocycles. The van der Waals surface area contributed by atoms with Crippen molar-refractivity contribution >= 4 is 28.6 Å². The lowest BCUT2D eigenvalue weighted by molar-refractivity contribution is 0.198. The van der Waals surface area contributed by atoms with Crippen molar-refractivity contribution < 1.29 is 14.2 Å². The highest BCUT2D eigenvalue weighted by molar-refractivity contribution is 6.09. The molecule has 1 aliphatic rings. The highest BCUT2D eigenvalue weighted by Gasteiger charge is 2.37. The molecule has 2 unspecified atom stereocenters. The molecule has 208 valence electrons. The maximum absolute atomic E-state index is 6.76. The summed E-state index contributed by atoms with van der Waals surface area (Å²) in [6.07, 6.45) is -0.563. The maximum atomic E-state index is 6.76. The number of anilines is 2. The van der Waals surface area contributed by atoms with Crippen molar-refractivity contribution in [2.75, 3.05) is 19.1 Å². The van der Waals surface area contributed by atoms with Crippen LogP contribution in [0.3, 0.4) is 0 Å². The molecule has 0 bridgehead atoms. The van der Waals surface area contributed by atoms with Crippen LogP contribution in [0.25, 0.3) is 0 Å². The van der Waals surface area contributed by atoms with Crippen LogP contribution in [-0.2, 0) is 0 Å². The van der Waals surface area contributed by atoms with Gasteiger partial charge in [0.05, 0.1) is 14.2 Å². The molecule has 7 nitrogen and oxygen atoms in total. The minimum atomic E-state index is -0.656. The zero-order valence-electron chi connectivity index (χ0n) is 23.4. The molecule has 0 radical (unpaired) electrons. The number of benzene rings is 5. The van der Waals surface area contributed by atoms with Crippen LogP contribution in [0.2, 0.25) is 0 Å². The van der Waals surface area contributed by atoms with Crippen LogP contribution in [-0.4, -0.2) is 26.1 Å². The summed E-state index contributed by atoms with van der Waals surface area (Å²) in [7, 11) is 3.28. The Kier molecular flexibility index (Phi) is 7.90. The molecular formula is C35H30N4O3. The van der Waals surface area contributed by atoms with Gasteiger partial charge in [-0.2, -0.15) is 10.2 Å². The summed E-state index contributed by atoms with van der Waals surface area (Å²) in [5, 5.41) is 9.70. The summed E-state index contributed by atoms with van der Waals surface area (Å²) in [4.78, 5) is 7.36. The number of ether oxygens (including phenoxy) is 3. The summed E-state index contributed by atoms with van der Waals surface area (Å²) < 4.78 is 17.8. The molecule has 5 aromatic carbocycles. The highest BCUT2D eigenvalue weighted by Crippen LogP contribution is 2.41. The molecule has 0 saturated carbocycles. The molecule has 7 heteroatoms. The van der Waals surface area contributed by atoms with E-state index in [-0.39, 0.29) is 0 Å². The van der Waals surface area contributed by atoms with Crippen LogP contribution >= 0.6 is 0 Å². The first-order valence-electron chi connectivity index (χ1n) is 13.7. The first-order valence-corrected chi connectivity index (χ1v) is 13.7. The Labute approximate surface area is 245 Å². The van der Waals surface area contributed by atoms with E-state index in [1.807, 2.05) is 109 Å². The number of para-hydroxylation sites is 5. The summed E-state index contributed by atoms with van der Waals surface area (Å²) >= 11 is 0. The van der Waals surface area contributed by atoms with E-state index in [0.717, 1.165) is 22.7 Å². The van der Waals surface area contributed by atoms with Gasteiger partial charge in [0.25, 0.3) is 0 Å². The Morgan fingerprint density at radius 1 is 0.667 bits per heavy atom. The first-order chi connectivity index (χ1) is 20.7. The molecule has 0 aliphatic carbocycles. The second-order valence-corrected chi connectivity index (χ2v) is 9.59. The van der Waals surface area contributed by atoms with Crippen molar-refractivity contribution in [2.45, 2.75) is 12.1 Å². The molecule has 6 rings (SSSR count). The van der Waals surface area contributed by atoms with Crippen molar-refractivity contribution in [1.29, 1.82) is 0 Å². The third kappa shape index (κ3) is 5.58. The SMILES string of the molecule is COc1ccc(C2Oc3ccccc3N=C(N(c3ccccc3)c3ccccc3)C2N=Nc2ccccc2OC)cc1. The van der Waals surface area contributed by atoms with Gasteiger partial charge < -0.3 is 14.2 Å². The predicted molar refractivity (Wildman–Crippen MR) is 166 cm³/mol. The Bertz CT molecular complexity index is 1650.